The Kier molecular flexibility index (Phi) is 3.37. The molecule has 0 unspecified atom stereocenters. The maximum absolute atomic E-state index is 8.84. The molecule has 13 heavy (non-hydrogen) atoms. The maximum Gasteiger partial charge on any atom is 0.141 e. The van der Waals surface area contributed by atoms with Crippen LogP contribution < -0.4 is 9.47 Å². The van der Waals surface area contributed by atoms with E-state index in [4.69, 9.17) is 14.7 Å². The second-order valence-electron chi connectivity index (χ2n) is 2.30. The number of benzene rings is 1. The molecule has 0 saturated carbocycles. The number of hydrogen-bond donors (Lipinski definition) is 0. The summed E-state index contributed by atoms with van der Waals surface area (Å²) in [5.41, 5.74) is 0.436. The highest BCUT2D eigenvalue weighted by Crippen LogP contribution is 2.29. The second-order valence-corrected chi connectivity index (χ2v) is 3.54. The Labute approximate surface area is 90.4 Å². The minimum absolute atomic E-state index is 0.436. The van der Waals surface area contributed by atoms with Crippen LogP contribution >= 0.6 is 22.6 Å². The quantitative estimate of drug-likeness (QED) is 0.784. The van der Waals surface area contributed by atoms with E-state index in [1.54, 1.807) is 12.1 Å². The first kappa shape index (κ1) is 10.1. The van der Waals surface area contributed by atoms with Crippen molar-refractivity contribution in [3.05, 3.63) is 21.3 Å². The summed E-state index contributed by atoms with van der Waals surface area (Å²) in [6.07, 6.45) is 0. The summed E-state index contributed by atoms with van der Waals surface area (Å²) in [6.45, 7) is 0. The summed E-state index contributed by atoms with van der Waals surface area (Å²) in [4.78, 5) is 0. The molecule has 4 heteroatoms. The van der Waals surface area contributed by atoms with Crippen LogP contribution in [0, 0.1) is 14.9 Å². The van der Waals surface area contributed by atoms with Crippen LogP contribution in [0.15, 0.2) is 12.1 Å². The number of nitriles is 1. The van der Waals surface area contributed by atoms with Gasteiger partial charge in [-0.25, -0.2) is 0 Å². The van der Waals surface area contributed by atoms with Crippen molar-refractivity contribution >= 4 is 22.6 Å². The molecule has 0 aliphatic heterocycles. The Morgan fingerprint density at radius 1 is 1.23 bits per heavy atom. The van der Waals surface area contributed by atoms with Gasteiger partial charge in [-0.3, -0.25) is 0 Å². The van der Waals surface area contributed by atoms with E-state index in [9.17, 15) is 0 Å². The summed E-state index contributed by atoms with van der Waals surface area (Å²) >= 11 is 2.14. The zero-order chi connectivity index (χ0) is 9.84. The van der Waals surface area contributed by atoms with E-state index in [0.29, 0.717) is 17.1 Å². The van der Waals surface area contributed by atoms with E-state index in [2.05, 4.69) is 22.6 Å². The molecule has 0 aliphatic rings. The van der Waals surface area contributed by atoms with Gasteiger partial charge in [-0.2, -0.15) is 5.26 Å². The molecule has 0 atom stereocenters. The van der Waals surface area contributed by atoms with E-state index in [-0.39, 0.29) is 0 Å². The molecule has 0 spiro atoms. The van der Waals surface area contributed by atoms with Gasteiger partial charge < -0.3 is 9.47 Å². The van der Waals surface area contributed by atoms with Gasteiger partial charge in [0, 0.05) is 3.57 Å². The number of methoxy groups -OCH3 is 2. The van der Waals surface area contributed by atoms with E-state index in [0.717, 1.165) is 3.57 Å². The molecule has 1 aromatic carbocycles. The summed E-state index contributed by atoms with van der Waals surface area (Å²) in [6, 6.07) is 5.63. The van der Waals surface area contributed by atoms with Gasteiger partial charge in [-0.05, 0) is 34.7 Å². The molecule has 0 amide bonds. The van der Waals surface area contributed by atoms with Gasteiger partial charge >= 0.3 is 0 Å². The Balaban J connectivity index is 3.36. The molecule has 0 saturated heterocycles. The first-order valence-corrected chi connectivity index (χ1v) is 4.62. The fraction of sp³-hybridized carbons (Fsp3) is 0.222. The van der Waals surface area contributed by atoms with Crippen molar-refractivity contribution in [3.8, 4) is 17.6 Å². The molecule has 0 radical (unpaired) electrons. The van der Waals surface area contributed by atoms with Crippen LogP contribution in [-0.4, -0.2) is 14.2 Å². The highest BCUT2D eigenvalue weighted by Gasteiger charge is 2.10. The molecule has 68 valence electrons. The van der Waals surface area contributed by atoms with Gasteiger partial charge in [-0.1, -0.05) is 0 Å². The molecule has 0 fully saturated rings. The molecular formula is C9H8INO2. The van der Waals surface area contributed by atoms with Gasteiger partial charge in [0.2, 0.25) is 0 Å². The Morgan fingerprint density at radius 3 is 2.00 bits per heavy atom. The number of hydrogen-bond acceptors (Lipinski definition) is 3. The lowest BCUT2D eigenvalue weighted by Gasteiger charge is -2.07. The average Bonchev–Trinajstić information content (AvgIpc) is 2.16. The fourth-order valence-electron chi connectivity index (χ4n) is 0.990. The van der Waals surface area contributed by atoms with Gasteiger partial charge in [0.25, 0.3) is 0 Å². The second kappa shape index (κ2) is 4.33. The topological polar surface area (TPSA) is 42.2 Å². The third kappa shape index (κ3) is 2.04. The lowest BCUT2D eigenvalue weighted by Crippen LogP contribution is -1.94. The van der Waals surface area contributed by atoms with Gasteiger partial charge in [0.05, 0.1) is 14.2 Å². The molecule has 1 rings (SSSR count). The monoisotopic (exact) mass is 289 g/mol. The third-order valence-corrected chi connectivity index (χ3v) is 2.21. The SMILES string of the molecule is COc1cc(I)cc(OC)c1C#N. The van der Waals surface area contributed by atoms with Crippen molar-refractivity contribution in [2.45, 2.75) is 0 Å². The van der Waals surface area contributed by atoms with E-state index in [1.165, 1.54) is 14.2 Å². The smallest absolute Gasteiger partial charge is 0.141 e. The van der Waals surface area contributed by atoms with Crippen LogP contribution in [0.4, 0.5) is 0 Å². The van der Waals surface area contributed by atoms with Crippen LogP contribution in [-0.2, 0) is 0 Å². The summed E-state index contributed by atoms with van der Waals surface area (Å²) in [5.74, 6) is 1.09. The zero-order valence-corrected chi connectivity index (χ0v) is 9.45. The van der Waals surface area contributed by atoms with Crippen LogP contribution in [0.2, 0.25) is 0 Å². The number of ether oxygens (including phenoxy) is 2. The lowest BCUT2D eigenvalue weighted by molar-refractivity contribution is 0.391. The molecule has 0 aromatic heterocycles. The molecule has 0 heterocycles. The zero-order valence-electron chi connectivity index (χ0n) is 7.30. The molecule has 0 aliphatic carbocycles. The standard InChI is InChI=1S/C9H8INO2/c1-12-8-3-6(10)4-9(13-2)7(8)5-11/h3-4H,1-2H3. The Hall–Kier alpha value is -0.960. The van der Waals surface area contributed by atoms with Crippen molar-refractivity contribution < 1.29 is 9.47 Å². The first-order chi connectivity index (χ1) is 6.22. The highest BCUT2D eigenvalue weighted by atomic mass is 127. The van der Waals surface area contributed by atoms with E-state index < -0.39 is 0 Å². The highest BCUT2D eigenvalue weighted by molar-refractivity contribution is 14.1. The van der Waals surface area contributed by atoms with Gasteiger partial charge in [0.15, 0.2) is 0 Å². The van der Waals surface area contributed by atoms with Crippen molar-refractivity contribution in [2.24, 2.45) is 0 Å². The number of rotatable bonds is 2. The first-order valence-electron chi connectivity index (χ1n) is 3.54. The predicted molar refractivity (Wildman–Crippen MR) is 57.0 cm³/mol. The van der Waals surface area contributed by atoms with E-state index in [1.807, 2.05) is 6.07 Å². The van der Waals surface area contributed by atoms with Gasteiger partial charge in [0.1, 0.15) is 23.1 Å². The molecule has 0 bridgehead atoms. The van der Waals surface area contributed by atoms with Crippen molar-refractivity contribution in [3.63, 3.8) is 0 Å². The molecule has 0 N–H and O–H groups in total. The fourth-order valence-corrected chi connectivity index (χ4v) is 1.56. The molecule has 3 nitrogen and oxygen atoms in total. The number of nitrogens with zero attached hydrogens (tertiary/aromatic N) is 1. The van der Waals surface area contributed by atoms with Crippen molar-refractivity contribution in [1.29, 1.82) is 5.26 Å². The molecule has 1 aromatic rings. The Morgan fingerprint density at radius 2 is 1.69 bits per heavy atom. The van der Waals surface area contributed by atoms with Gasteiger partial charge in [-0.15, -0.1) is 0 Å². The average molecular weight is 289 g/mol. The summed E-state index contributed by atoms with van der Waals surface area (Å²) < 4.78 is 11.1. The van der Waals surface area contributed by atoms with Crippen molar-refractivity contribution in [2.75, 3.05) is 14.2 Å². The molecular weight excluding hydrogens is 281 g/mol. The minimum atomic E-state index is 0.436. The van der Waals surface area contributed by atoms with Crippen LogP contribution in [0.1, 0.15) is 5.56 Å². The predicted octanol–water partition coefficient (Wildman–Crippen LogP) is 2.18. The maximum atomic E-state index is 8.84. The van der Waals surface area contributed by atoms with Crippen LogP contribution in [0.25, 0.3) is 0 Å². The Bertz CT molecular complexity index is 332. The number of halogens is 1. The normalized spacial score (nSPS) is 9.08. The minimum Gasteiger partial charge on any atom is -0.495 e. The lowest BCUT2D eigenvalue weighted by atomic mass is 10.2. The summed E-state index contributed by atoms with van der Waals surface area (Å²) in [5, 5.41) is 8.84. The van der Waals surface area contributed by atoms with Crippen LogP contribution in [0.3, 0.4) is 0 Å². The largest absolute Gasteiger partial charge is 0.495 e. The summed E-state index contributed by atoms with van der Waals surface area (Å²) in [7, 11) is 3.07. The van der Waals surface area contributed by atoms with Crippen molar-refractivity contribution in [1.82, 2.24) is 0 Å². The third-order valence-electron chi connectivity index (χ3n) is 1.58. The van der Waals surface area contributed by atoms with Crippen LogP contribution in [0.5, 0.6) is 11.5 Å². The van der Waals surface area contributed by atoms with E-state index >= 15 is 0 Å².